The van der Waals surface area contributed by atoms with Gasteiger partial charge in [0.05, 0.1) is 0 Å². The molecule has 0 N–H and O–H groups in total. The first-order valence-electron chi connectivity index (χ1n) is 4.70. The Kier molecular flexibility index (Phi) is 3.47. The molecule has 0 bridgehead atoms. The minimum Gasteiger partial charge on any atom is -0.302 e. The zero-order chi connectivity index (χ0) is 9.90. The fourth-order valence-corrected chi connectivity index (χ4v) is 3.20. The second kappa shape index (κ2) is 4.22. The number of rotatable bonds is 3. The Morgan fingerprint density at radius 2 is 1.77 bits per heavy atom. The predicted molar refractivity (Wildman–Crippen MR) is 51.3 cm³/mol. The molecule has 0 heterocycles. The number of hydrogen-bond donors (Lipinski definition) is 0. The number of carbonyl (C=O) groups excluding carboxylic acids is 1. The summed E-state index contributed by atoms with van der Waals surface area (Å²) in [4.78, 5) is 10.7. The van der Waals surface area contributed by atoms with Crippen LogP contribution in [-0.4, -0.2) is 26.2 Å². The van der Waals surface area contributed by atoms with E-state index < -0.39 is 15.1 Å². The monoisotopic (exact) mass is 204 g/mol. The van der Waals surface area contributed by atoms with E-state index in [0.29, 0.717) is 6.29 Å². The van der Waals surface area contributed by atoms with Crippen LogP contribution in [0, 0.1) is 5.92 Å². The average Bonchev–Trinajstić information content (AvgIpc) is 2.05. The fourth-order valence-electron chi connectivity index (χ4n) is 2.02. The highest BCUT2D eigenvalue weighted by Gasteiger charge is 2.30. The molecule has 1 fully saturated rings. The Morgan fingerprint density at radius 3 is 2.15 bits per heavy atom. The van der Waals surface area contributed by atoms with Gasteiger partial charge in [-0.1, -0.05) is 19.3 Å². The molecule has 1 saturated carbocycles. The van der Waals surface area contributed by atoms with Crippen LogP contribution in [0.4, 0.5) is 0 Å². The number of hydrogen-bond acceptors (Lipinski definition) is 3. The van der Waals surface area contributed by atoms with E-state index in [1.807, 2.05) is 0 Å². The van der Waals surface area contributed by atoms with E-state index in [0.717, 1.165) is 31.9 Å². The zero-order valence-electron chi connectivity index (χ0n) is 7.90. The van der Waals surface area contributed by atoms with Crippen LogP contribution >= 0.6 is 0 Å². The van der Waals surface area contributed by atoms with Crippen LogP contribution in [-0.2, 0) is 14.6 Å². The molecular formula is C9H16O3S. The van der Waals surface area contributed by atoms with E-state index in [4.69, 9.17) is 0 Å². The molecule has 0 amide bonds. The number of sulfone groups is 1. The van der Waals surface area contributed by atoms with Gasteiger partial charge in [-0.25, -0.2) is 8.42 Å². The molecule has 0 radical (unpaired) electrons. The van der Waals surface area contributed by atoms with Gasteiger partial charge in [0.15, 0.2) is 9.84 Å². The highest BCUT2D eigenvalue weighted by atomic mass is 32.2. The molecule has 1 rings (SSSR count). The van der Waals surface area contributed by atoms with Crippen molar-refractivity contribution in [2.75, 3.05) is 6.26 Å². The van der Waals surface area contributed by atoms with Crippen LogP contribution in [0.5, 0.6) is 0 Å². The summed E-state index contributed by atoms with van der Waals surface area (Å²) in [7, 11) is -3.18. The van der Waals surface area contributed by atoms with E-state index in [-0.39, 0.29) is 5.92 Å². The molecule has 1 atom stereocenters. The van der Waals surface area contributed by atoms with Crippen LogP contribution < -0.4 is 0 Å². The van der Waals surface area contributed by atoms with Crippen LogP contribution in [0.3, 0.4) is 0 Å². The van der Waals surface area contributed by atoms with Crippen molar-refractivity contribution in [1.29, 1.82) is 0 Å². The third-order valence-corrected chi connectivity index (χ3v) is 4.23. The second-order valence-electron chi connectivity index (χ2n) is 3.83. The Bertz CT molecular complexity index is 263. The maximum Gasteiger partial charge on any atom is 0.157 e. The summed E-state index contributed by atoms with van der Waals surface area (Å²) in [5.41, 5.74) is 0. The minimum absolute atomic E-state index is 0.0706. The lowest BCUT2D eigenvalue weighted by Gasteiger charge is -2.25. The van der Waals surface area contributed by atoms with Gasteiger partial charge in [-0.3, -0.25) is 0 Å². The predicted octanol–water partition coefficient (Wildman–Crippen LogP) is 1.18. The molecule has 76 valence electrons. The molecule has 3 nitrogen and oxygen atoms in total. The van der Waals surface area contributed by atoms with Crippen LogP contribution in [0.25, 0.3) is 0 Å². The van der Waals surface area contributed by atoms with E-state index in [1.54, 1.807) is 0 Å². The van der Waals surface area contributed by atoms with Gasteiger partial charge in [-0.05, 0) is 18.8 Å². The molecule has 0 saturated heterocycles. The highest BCUT2D eigenvalue weighted by Crippen LogP contribution is 2.28. The molecule has 1 aliphatic carbocycles. The summed E-state index contributed by atoms with van der Waals surface area (Å²) in [6.45, 7) is 0. The zero-order valence-corrected chi connectivity index (χ0v) is 8.72. The van der Waals surface area contributed by atoms with E-state index in [2.05, 4.69) is 0 Å². The quantitative estimate of drug-likeness (QED) is 0.649. The van der Waals surface area contributed by atoms with Gasteiger partial charge in [-0.15, -0.1) is 0 Å². The van der Waals surface area contributed by atoms with E-state index in [1.165, 1.54) is 6.42 Å². The van der Waals surface area contributed by atoms with Crippen molar-refractivity contribution in [3.05, 3.63) is 0 Å². The third kappa shape index (κ3) is 2.79. The number of aldehydes is 1. The van der Waals surface area contributed by atoms with Crippen molar-refractivity contribution in [3.63, 3.8) is 0 Å². The Balaban J connectivity index is 2.71. The third-order valence-electron chi connectivity index (χ3n) is 2.74. The summed E-state index contributed by atoms with van der Waals surface area (Å²) < 4.78 is 22.5. The van der Waals surface area contributed by atoms with Crippen molar-refractivity contribution in [2.24, 2.45) is 5.92 Å². The molecular weight excluding hydrogens is 188 g/mol. The lowest BCUT2D eigenvalue weighted by molar-refractivity contribution is -0.108. The van der Waals surface area contributed by atoms with Crippen LogP contribution in [0.15, 0.2) is 0 Å². The molecule has 0 unspecified atom stereocenters. The van der Waals surface area contributed by atoms with Crippen molar-refractivity contribution in [1.82, 2.24) is 0 Å². The summed E-state index contributed by atoms with van der Waals surface area (Å²) in [6, 6.07) is 0. The largest absolute Gasteiger partial charge is 0.302 e. The SMILES string of the molecule is CS(=O)(=O)[C@@H](C=O)C1CCCCC1. The normalized spacial score (nSPS) is 22.5. The van der Waals surface area contributed by atoms with Gasteiger partial charge in [0.25, 0.3) is 0 Å². The molecule has 4 heteroatoms. The molecule has 0 aliphatic heterocycles. The average molecular weight is 204 g/mol. The first-order valence-corrected chi connectivity index (χ1v) is 6.65. The molecule has 0 aromatic rings. The summed E-state index contributed by atoms with van der Waals surface area (Å²) in [6.07, 6.45) is 6.82. The smallest absolute Gasteiger partial charge is 0.157 e. The van der Waals surface area contributed by atoms with Crippen molar-refractivity contribution >= 4 is 16.1 Å². The summed E-state index contributed by atoms with van der Waals surface area (Å²) in [5.74, 6) is 0.0706. The van der Waals surface area contributed by atoms with Crippen LogP contribution in [0.1, 0.15) is 32.1 Å². The van der Waals surface area contributed by atoms with Gasteiger partial charge in [0, 0.05) is 6.26 Å². The van der Waals surface area contributed by atoms with Crippen LogP contribution in [0.2, 0.25) is 0 Å². The minimum atomic E-state index is -3.18. The lowest BCUT2D eigenvalue weighted by atomic mass is 9.87. The van der Waals surface area contributed by atoms with E-state index >= 15 is 0 Å². The molecule has 0 spiro atoms. The van der Waals surface area contributed by atoms with Gasteiger partial charge < -0.3 is 4.79 Å². The Morgan fingerprint density at radius 1 is 1.23 bits per heavy atom. The number of carbonyl (C=O) groups is 1. The lowest BCUT2D eigenvalue weighted by Crippen LogP contribution is -2.31. The Hall–Kier alpha value is -0.380. The van der Waals surface area contributed by atoms with E-state index in [9.17, 15) is 13.2 Å². The van der Waals surface area contributed by atoms with Gasteiger partial charge in [0.2, 0.25) is 0 Å². The second-order valence-corrected chi connectivity index (χ2v) is 6.03. The van der Waals surface area contributed by atoms with Crippen molar-refractivity contribution in [3.8, 4) is 0 Å². The topological polar surface area (TPSA) is 51.2 Å². The maximum absolute atomic E-state index is 11.2. The summed E-state index contributed by atoms with van der Waals surface area (Å²) >= 11 is 0. The molecule has 1 aliphatic rings. The summed E-state index contributed by atoms with van der Waals surface area (Å²) in [5, 5.41) is -0.757. The van der Waals surface area contributed by atoms with Gasteiger partial charge in [0.1, 0.15) is 11.5 Å². The highest BCUT2D eigenvalue weighted by molar-refractivity contribution is 7.92. The first-order chi connectivity index (χ1) is 6.05. The molecule has 0 aromatic carbocycles. The van der Waals surface area contributed by atoms with Crippen molar-refractivity contribution < 1.29 is 13.2 Å². The Labute approximate surface area is 79.4 Å². The van der Waals surface area contributed by atoms with Gasteiger partial charge >= 0.3 is 0 Å². The van der Waals surface area contributed by atoms with Crippen molar-refractivity contribution in [2.45, 2.75) is 37.4 Å². The van der Waals surface area contributed by atoms with Gasteiger partial charge in [-0.2, -0.15) is 0 Å². The molecule has 13 heavy (non-hydrogen) atoms. The maximum atomic E-state index is 11.2. The molecule has 0 aromatic heterocycles. The first kappa shape index (κ1) is 10.7. The fraction of sp³-hybridized carbons (Fsp3) is 0.889. The standard InChI is InChI=1S/C9H16O3S/c1-13(11,12)9(7-10)8-5-3-2-4-6-8/h7-9H,2-6H2,1H3/t9-/m0/s1.